The Kier molecular flexibility index (Phi) is 4.67. The molecule has 1 saturated heterocycles. The van der Waals surface area contributed by atoms with Crippen LogP contribution in [0.1, 0.15) is 30.3 Å². The van der Waals surface area contributed by atoms with Crippen LogP contribution in [0.5, 0.6) is 0 Å². The molecule has 1 aromatic carbocycles. The predicted molar refractivity (Wildman–Crippen MR) is 90.9 cm³/mol. The lowest BCUT2D eigenvalue weighted by atomic mass is 9.91. The van der Waals surface area contributed by atoms with Crippen LogP contribution in [0, 0.1) is 27.4 Å². The SMILES string of the molecule is Cn1ccnc1[C@@H](O)[C@@H]1CCCN(c2ccc([N+](=O)[O-])c(C#N)c2)C1. The van der Waals surface area contributed by atoms with E-state index in [-0.39, 0.29) is 17.2 Å². The number of imidazole rings is 1. The van der Waals surface area contributed by atoms with Crippen molar-refractivity contribution >= 4 is 11.4 Å². The number of aromatic nitrogens is 2. The number of aliphatic hydroxyl groups excluding tert-OH is 1. The number of nitro groups is 1. The lowest BCUT2D eigenvalue weighted by molar-refractivity contribution is -0.385. The fraction of sp³-hybridized carbons (Fsp3) is 0.412. The number of nitriles is 1. The van der Waals surface area contributed by atoms with Crippen LogP contribution >= 0.6 is 0 Å². The Morgan fingerprint density at radius 3 is 2.96 bits per heavy atom. The van der Waals surface area contributed by atoms with Crippen LogP contribution < -0.4 is 4.90 Å². The molecule has 1 fully saturated rings. The van der Waals surface area contributed by atoms with Crippen molar-refractivity contribution in [3.05, 3.63) is 52.1 Å². The van der Waals surface area contributed by atoms with Crippen molar-refractivity contribution in [2.45, 2.75) is 18.9 Å². The van der Waals surface area contributed by atoms with Crippen LogP contribution in [0.3, 0.4) is 0 Å². The van der Waals surface area contributed by atoms with Gasteiger partial charge in [0.05, 0.1) is 4.92 Å². The quantitative estimate of drug-likeness (QED) is 0.674. The van der Waals surface area contributed by atoms with Crippen molar-refractivity contribution in [1.82, 2.24) is 9.55 Å². The molecule has 1 aromatic heterocycles. The molecular formula is C17H19N5O3. The number of benzene rings is 1. The summed E-state index contributed by atoms with van der Waals surface area (Å²) in [7, 11) is 1.85. The molecule has 2 atom stereocenters. The van der Waals surface area contributed by atoms with Crippen molar-refractivity contribution in [2.24, 2.45) is 13.0 Å². The van der Waals surface area contributed by atoms with Gasteiger partial charge in [-0.2, -0.15) is 5.26 Å². The molecule has 0 amide bonds. The van der Waals surface area contributed by atoms with Gasteiger partial charge in [-0.05, 0) is 25.0 Å². The third kappa shape index (κ3) is 3.32. The molecule has 0 radical (unpaired) electrons. The first-order chi connectivity index (χ1) is 12.0. The summed E-state index contributed by atoms with van der Waals surface area (Å²) >= 11 is 0. The Labute approximate surface area is 145 Å². The van der Waals surface area contributed by atoms with Gasteiger partial charge in [-0.15, -0.1) is 0 Å². The first-order valence-corrected chi connectivity index (χ1v) is 8.10. The number of hydrogen-bond donors (Lipinski definition) is 1. The fourth-order valence-corrected chi connectivity index (χ4v) is 3.34. The van der Waals surface area contributed by atoms with Crippen LogP contribution in [-0.4, -0.2) is 32.7 Å². The molecule has 8 nitrogen and oxygen atoms in total. The minimum Gasteiger partial charge on any atom is -0.385 e. The van der Waals surface area contributed by atoms with Crippen LogP contribution in [0.15, 0.2) is 30.6 Å². The van der Waals surface area contributed by atoms with Crippen molar-refractivity contribution in [2.75, 3.05) is 18.0 Å². The monoisotopic (exact) mass is 341 g/mol. The van der Waals surface area contributed by atoms with E-state index < -0.39 is 11.0 Å². The van der Waals surface area contributed by atoms with E-state index in [0.29, 0.717) is 12.4 Å². The first kappa shape index (κ1) is 16.9. The minimum atomic E-state index is -0.670. The molecule has 25 heavy (non-hydrogen) atoms. The highest BCUT2D eigenvalue weighted by Crippen LogP contribution is 2.32. The highest BCUT2D eigenvalue weighted by molar-refractivity contribution is 5.60. The standard InChI is InChI=1S/C17H19N5O3/c1-20-8-6-19-17(20)16(23)12-3-2-7-21(11-12)14-4-5-15(22(24)25)13(9-14)10-18/h4-6,8-9,12,16,23H,2-3,7,11H2,1H3/t12-,16+/m1/s1. The number of piperidine rings is 1. The van der Waals surface area contributed by atoms with Gasteiger partial charge in [0, 0.05) is 50.2 Å². The van der Waals surface area contributed by atoms with Crippen molar-refractivity contribution < 1.29 is 10.0 Å². The van der Waals surface area contributed by atoms with E-state index in [0.717, 1.165) is 25.1 Å². The number of aryl methyl sites for hydroxylation is 1. The summed E-state index contributed by atoms with van der Waals surface area (Å²) in [4.78, 5) is 16.7. The maximum atomic E-state index is 11.0. The third-order valence-corrected chi connectivity index (χ3v) is 4.69. The lowest BCUT2D eigenvalue weighted by Crippen LogP contribution is -2.38. The van der Waals surface area contributed by atoms with Crippen molar-refractivity contribution in [1.29, 1.82) is 5.26 Å². The largest absolute Gasteiger partial charge is 0.385 e. The van der Waals surface area contributed by atoms with E-state index in [9.17, 15) is 15.2 Å². The summed E-state index contributed by atoms with van der Waals surface area (Å²) in [6.45, 7) is 1.39. The third-order valence-electron chi connectivity index (χ3n) is 4.69. The van der Waals surface area contributed by atoms with E-state index in [1.54, 1.807) is 24.5 Å². The zero-order valence-electron chi connectivity index (χ0n) is 13.9. The summed E-state index contributed by atoms with van der Waals surface area (Å²) in [5, 5.41) is 30.8. The zero-order chi connectivity index (χ0) is 18.0. The van der Waals surface area contributed by atoms with Gasteiger partial charge in [-0.25, -0.2) is 4.98 Å². The van der Waals surface area contributed by atoms with Gasteiger partial charge < -0.3 is 14.6 Å². The molecule has 0 bridgehead atoms. The van der Waals surface area contributed by atoms with Crippen LogP contribution in [0.4, 0.5) is 11.4 Å². The molecule has 0 spiro atoms. The summed E-state index contributed by atoms with van der Waals surface area (Å²) in [5.41, 5.74) is 0.626. The van der Waals surface area contributed by atoms with Gasteiger partial charge in [0.15, 0.2) is 0 Å². The first-order valence-electron chi connectivity index (χ1n) is 8.10. The second-order valence-electron chi connectivity index (χ2n) is 6.26. The number of aliphatic hydroxyl groups is 1. The highest BCUT2D eigenvalue weighted by atomic mass is 16.6. The summed E-state index contributed by atoms with van der Waals surface area (Å²) in [6.07, 6.45) is 4.56. The number of anilines is 1. The molecule has 8 heteroatoms. The Morgan fingerprint density at radius 2 is 2.32 bits per heavy atom. The second-order valence-corrected chi connectivity index (χ2v) is 6.26. The number of rotatable bonds is 4. The molecule has 1 aliphatic rings. The minimum absolute atomic E-state index is 0.00979. The molecule has 130 valence electrons. The maximum Gasteiger partial charge on any atom is 0.287 e. The van der Waals surface area contributed by atoms with E-state index in [2.05, 4.69) is 9.88 Å². The molecule has 0 unspecified atom stereocenters. The van der Waals surface area contributed by atoms with E-state index in [4.69, 9.17) is 5.26 Å². The van der Waals surface area contributed by atoms with Gasteiger partial charge in [-0.3, -0.25) is 10.1 Å². The van der Waals surface area contributed by atoms with Crippen LogP contribution in [0.25, 0.3) is 0 Å². The molecule has 1 aliphatic heterocycles. The summed E-state index contributed by atoms with van der Waals surface area (Å²) < 4.78 is 1.81. The molecule has 0 aliphatic carbocycles. The molecule has 0 saturated carbocycles. The van der Waals surface area contributed by atoms with E-state index >= 15 is 0 Å². The topological polar surface area (TPSA) is 108 Å². The van der Waals surface area contributed by atoms with Crippen molar-refractivity contribution in [3.63, 3.8) is 0 Å². The number of hydrogen-bond acceptors (Lipinski definition) is 6. The summed E-state index contributed by atoms with van der Waals surface area (Å²) in [6, 6.07) is 6.47. The Bertz CT molecular complexity index is 826. The predicted octanol–water partition coefficient (Wildman–Crippen LogP) is 2.15. The lowest BCUT2D eigenvalue weighted by Gasteiger charge is -2.36. The Morgan fingerprint density at radius 1 is 1.52 bits per heavy atom. The second kappa shape index (κ2) is 6.91. The molecule has 3 rings (SSSR count). The highest BCUT2D eigenvalue weighted by Gasteiger charge is 2.29. The average molecular weight is 341 g/mol. The number of nitrogens with zero attached hydrogens (tertiary/aromatic N) is 5. The smallest absolute Gasteiger partial charge is 0.287 e. The van der Waals surface area contributed by atoms with Gasteiger partial charge in [0.25, 0.3) is 5.69 Å². The summed E-state index contributed by atoms with van der Waals surface area (Å²) in [5.74, 6) is 0.642. The normalized spacial score (nSPS) is 18.6. The maximum absolute atomic E-state index is 11.0. The molecule has 2 heterocycles. The molecule has 1 N–H and O–H groups in total. The average Bonchev–Trinajstić information content (AvgIpc) is 3.06. The molecular weight excluding hydrogens is 322 g/mol. The van der Waals surface area contributed by atoms with Gasteiger partial charge >= 0.3 is 0 Å². The molecule has 2 aromatic rings. The van der Waals surface area contributed by atoms with Gasteiger partial charge in [-0.1, -0.05) is 0 Å². The van der Waals surface area contributed by atoms with Gasteiger partial charge in [0.2, 0.25) is 0 Å². The van der Waals surface area contributed by atoms with Gasteiger partial charge in [0.1, 0.15) is 23.6 Å². The Balaban J connectivity index is 1.81. The van der Waals surface area contributed by atoms with Crippen molar-refractivity contribution in [3.8, 4) is 6.07 Å². The van der Waals surface area contributed by atoms with E-state index in [1.165, 1.54) is 6.07 Å². The number of nitro benzene ring substituents is 1. The van der Waals surface area contributed by atoms with Crippen LogP contribution in [0.2, 0.25) is 0 Å². The van der Waals surface area contributed by atoms with Crippen LogP contribution in [-0.2, 0) is 7.05 Å². The van der Waals surface area contributed by atoms with E-state index in [1.807, 2.05) is 17.7 Å². The zero-order valence-corrected chi connectivity index (χ0v) is 13.9. The fourth-order valence-electron chi connectivity index (χ4n) is 3.34. The Hall–Kier alpha value is -2.92.